The van der Waals surface area contributed by atoms with Gasteiger partial charge in [0.05, 0.1) is 5.25 Å². The molecule has 0 bridgehead atoms. The Bertz CT molecular complexity index is 610. The smallest absolute Gasteiger partial charge is 0.239 e. The zero-order valence-electron chi connectivity index (χ0n) is 9.84. The normalized spacial score (nSPS) is 17.0. The van der Waals surface area contributed by atoms with Gasteiger partial charge in [-0.3, -0.25) is 4.79 Å². The van der Waals surface area contributed by atoms with Crippen LogP contribution in [0.5, 0.6) is 0 Å². The summed E-state index contributed by atoms with van der Waals surface area (Å²) in [4.78, 5) is 21.1. The molecule has 0 aliphatic carbocycles. The fraction of sp³-hybridized carbons (Fsp3) is 0.154. The number of benzene rings is 1. The lowest BCUT2D eigenvalue weighted by Crippen LogP contribution is -2.25. The highest BCUT2D eigenvalue weighted by Crippen LogP contribution is 2.37. The summed E-state index contributed by atoms with van der Waals surface area (Å²) < 4.78 is 0. The molecule has 4 nitrogen and oxygen atoms in total. The lowest BCUT2D eigenvalue weighted by Gasteiger charge is -2.08. The average molecular weight is 292 g/mol. The first-order valence-corrected chi connectivity index (χ1v) is 7.02. The minimum absolute atomic E-state index is 0.0593. The van der Waals surface area contributed by atoms with Gasteiger partial charge in [-0.05, 0) is 35.7 Å². The lowest BCUT2D eigenvalue weighted by atomic mass is 10.1. The first kappa shape index (κ1) is 12.4. The maximum atomic E-state index is 12.2. The minimum atomic E-state index is -0.119. The number of fused-ring (bicyclic) bond motifs is 1. The van der Waals surface area contributed by atoms with Crippen LogP contribution in [0.2, 0.25) is 5.28 Å². The topological polar surface area (TPSA) is 54.9 Å². The van der Waals surface area contributed by atoms with Crippen molar-refractivity contribution < 1.29 is 4.79 Å². The third kappa shape index (κ3) is 2.72. The van der Waals surface area contributed by atoms with Crippen molar-refractivity contribution in [3.8, 4) is 0 Å². The molecular formula is C13H10ClN3OS. The fourth-order valence-electron chi connectivity index (χ4n) is 1.94. The van der Waals surface area contributed by atoms with Crippen molar-refractivity contribution in [3.05, 3.63) is 47.4 Å². The number of nitrogens with zero attached hydrogens (tertiary/aromatic N) is 2. The molecule has 19 heavy (non-hydrogen) atoms. The van der Waals surface area contributed by atoms with Crippen LogP contribution in [0.15, 0.2) is 41.4 Å². The first-order valence-electron chi connectivity index (χ1n) is 5.76. The Kier molecular flexibility index (Phi) is 3.40. The standard InChI is InChI=1S/C13H10ClN3OS/c14-13-15-6-5-11(17-13)16-12(18)10-7-8-3-1-2-4-9(8)19-10/h1-6,10H,7H2,(H,15,16,17,18). The molecule has 96 valence electrons. The maximum Gasteiger partial charge on any atom is 0.239 e. The molecule has 3 rings (SSSR count). The van der Waals surface area contributed by atoms with E-state index in [4.69, 9.17) is 11.6 Å². The molecule has 1 amide bonds. The molecule has 0 saturated carbocycles. The number of aromatic nitrogens is 2. The zero-order chi connectivity index (χ0) is 13.2. The average Bonchev–Trinajstić information content (AvgIpc) is 2.82. The van der Waals surface area contributed by atoms with Crippen LogP contribution in [-0.2, 0) is 11.2 Å². The van der Waals surface area contributed by atoms with Gasteiger partial charge >= 0.3 is 0 Å². The summed E-state index contributed by atoms with van der Waals surface area (Å²) in [6, 6.07) is 9.68. The SMILES string of the molecule is O=C(Nc1ccnc(Cl)n1)C1Cc2ccccc2S1. The second-order valence-electron chi connectivity index (χ2n) is 4.12. The molecule has 1 aliphatic heterocycles. The molecule has 0 fully saturated rings. The number of hydrogen-bond donors (Lipinski definition) is 1. The summed E-state index contributed by atoms with van der Waals surface area (Å²) in [5.41, 5.74) is 1.22. The highest BCUT2D eigenvalue weighted by molar-refractivity contribution is 8.01. The van der Waals surface area contributed by atoms with E-state index < -0.39 is 0 Å². The molecule has 1 aromatic heterocycles. The minimum Gasteiger partial charge on any atom is -0.310 e. The molecule has 1 N–H and O–H groups in total. The number of amides is 1. The number of nitrogens with one attached hydrogen (secondary N) is 1. The Hall–Kier alpha value is -1.59. The van der Waals surface area contributed by atoms with Crippen molar-refractivity contribution in [1.29, 1.82) is 0 Å². The van der Waals surface area contributed by atoms with E-state index >= 15 is 0 Å². The van der Waals surface area contributed by atoms with E-state index in [0.717, 1.165) is 6.42 Å². The summed E-state index contributed by atoms with van der Waals surface area (Å²) in [5, 5.41) is 2.77. The van der Waals surface area contributed by atoms with Gasteiger partial charge in [0.15, 0.2) is 0 Å². The van der Waals surface area contributed by atoms with Gasteiger partial charge in [-0.25, -0.2) is 9.97 Å². The molecule has 6 heteroatoms. The molecule has 1 atom stereocenters. The van der Waals surface area contributed by atoms with E-state index in [-0.39, 0.29) is 16.4 Å². The summed E-state index contributed by atoms with van der Waals surface area (Å²) in [5.74, 6) is 0.373. The van der Waals surface area contributed by atoms with Gasteiger partial charge in [-0.15, -0.1) is 11.8 Å². The number of hydrogen-bond acceptors (Lipinski definition) is 4. The third-order valence-electron chi connectivity index (χ3n) is 2.82. The van der Waals surface area contributed by atoms with Crippen molar-refractivity contribution in [2.24, 2.45) is 0 Å². The number of carbonyl (C=O) groups is 1. The zero-order valence-corrected chi connectivity index (χ0v) is 11.4. The lowest BCUT2D eigenvalue weighted by molar-refractivity contribution is -0.115. The molecule has 2 aromatic rings. The van der Waals surface area contributed by atoms with Crippen molar-refractivity contribution in [2.75, 3.05) is 5.32 Å². The van der Waals surface area contributed by atoms with Gasteiger partial charge in [0.2, 0.25) is 11.2 Å². The maximum absolute atomic E-state index is 12.2. The largest absolute Gasteiger partial charge is 0.310 e. The van der Waals surface area contributed by atoms with Crippen LogP contribution in [0.4, 0.5) is 5.82 Å². The van der Waals surface area contributed by atoms with Crippen LogP contribution in [0, 0.1) is 0 Å². The monoisotopic (exact) mass is 291 g/mol. The summed E-state index contributed by atoms with van der Waals surface area (Å²) in [6.07, 6.45) is 2.26. The Balaban J connectivity index is 1.70. The Labute approximate surface area is 119 Å². The fourth-order valence-corrected chi connectivity index (χ4v) is 3.28. The van der Waals surface area contributed by atoms with Crippen molar-refractivity contribution in [1.82, 2.24) is 9.97 Å². The van der Waals surface area contributed by atoms with Crippen LogP contribution >= 0.6 is 23.4 Å². The molecule has 0 spiro atoms. The Morgan fingerprint density at radius 1 is 1.37 bits per heavy atom. The Morgan fingerprint density at radius 3 is 3.00 bits per heavy atom. The number of rotatable bonds is 2. The third-order valence-corrected chi connectivity index (χ3v) is 4.32. The van der Waals surface area contributed by atoms with Gasteiger partial charge in [0.25, 0.3) is 0 Å². The van der Waals surface area contributed by atoms with Crippen molar-refractivity contribution >= 4 is 35.1 Å². The number of carbonyl (C=O) groups excluding carboxylic acids is 1. The van der Waals surface area contributed by atoms with Crippen molar-refractivity contribution in [3.63, 3.8) is 0 Å². The molecule has 0 radical (unpaired) electrons. The first-order chi connectivity index (χ1) is 9.22. The van der Waals surface area contributed by atoms with E-state index in [2.05, 4.69) is 21.4 Å². The van der Waals surface area contributed by atoms with E-state index in [9.17, 15) is 4.79 Å². The second-order valence-corrected chi connectivity index (χ2v) is 5.70. The highest BCUT2D eigenvalue weighted by Gasteiger charge is 2.28. The number of halogens is 1. The van der Waals surface area contributed by atoms with Crippen LogP contribution in [-0.4, -0.2) is 21.1 Å². The summed E-state index contributed by atoms with van der Waals surface area (Å²) >= 11 is 7.26. The molecule has 1 aromatic carbocycles. The van der Waals surface area contributed by atoms with Gasteiger partial charge < -0.3 is 5.32 Å². The van der Waals surface area contributed by atoms with E-state index in [1.54, 1.807) is 17.8 Å². The van der Waals surface area contributed by atoms with Crippen LogP contribution < -0.4 is 5.32 Å². The van der Waals surface area contributed by atoms with Crippen molar-refractivity contribution in [2.45, 2.75) is 16.6 Å². The van der Waals surface area contributed by atoms with Gasteiger partial charge in [0.1, 0.15) is 5.82 Å². The van der Waals surface area contributed by atoms with Crippen LogP contribution in [0.3, 0.4) is 0 Å². The van der Waals surface area contributed by atoms with E-state index in [0.29, 0.717) is 5.82 Å². The predicted octanol–water partition coefficient (Wildman–Crippen LogP) is 2.79. The van der Waals surface area contributed by atoms with E-state index in [1.165, 1.54) is 16.7 Å². The molecule has 1 aliphatic rings. The second kappa shape index (κ2) is 5.19. The molecule has 1 unspecified atom stereocenters. The number of anilines is 1. The van der Waals surface area contributed by atoms with Gasteiger partial charge in [-0.2, -0.15) is 0 Å². The molecular weight excluding hydrogens is 282 g/mol. The number of thioether (sulfide) groups is 1. The van der Waals surface area contributed by atoms with Gasteiger partial charge in [-0.1, -0.05) is 18.2 Å². The Morgan fingerprint density at radius 2 is 2.21 bits per heavy atom. The van der Waals surface area contributed by atoms with Crippen LogP contribution in [0.1, 0.15) is 5.56 Å². The summed E-state index contributed by atoms with van der Waals surface area (Å²) in [7, 11) is 0. The molecule has 0 saturated heterocycles. The van der Waals surface area contributed by atoms with Gasteiger partial charge in [0, 0.05) is 11.1 Å². The molecule has 2 heterocycles. The summed E-state index contributed by atoms with van der Waals surface area (Å²) in [6.45, 7) is 0. The van der Waals surface area contributed by atoms with E-state index in [1.807, 2.05) is 18.2 Å². The highest BCUT2D eigenvalue weighted by atomic mass is 35.5. The quantitative estimate of drug-likeness (QED) is 0.865. The van der Waals surface area contributed by atoms with Crippen LogP contribution in [0.25, 0.3) is 0 Å². The predicted molar refractivity (Wildman–Crippen MR) is 75.5 cm³/mol.